The summed E-state index contributed by atoms with van der Waals surface area (Å²) in [5.41, 5.74) is 2.82. The van der Waals surface area contributed by atoms with E-state index in [1.807, 2.05) is 25.1 Å². The minimum absolute atomic E-state index is 0.0447. The van der Waals surface area contributed by atoms with Gasteiger partial charge in [-0.2, -0.15) is 5.10 Å². The zero-order valence-electron chi connectivity index (χ0n) is 23.4. The molecule has 4 atom stereocenters. The third kappa shape index (κ3) is 4.77. The molecule has 3 heterocycles. The van der Waals surface area contributed by atoms with Gasteiger partial charge < -0.3 is 10.2 Å². The second kappa shape index (κ2) is 9.87. The van der Waals surface area contributed by atoms with Crippen LogP contribution in [0.5, 0.6) is 0 Å². The van der Waals surface area contributed by atoms with Crippen LogP contribution in [-0.2, 0) is 16.1 Å². The Bertz CT molecular complexity index is 1700. The fraction of sp³-hybridized carbons (Fsp3) is 0.355. The number of benzene rings is 2. The van der Waals surface area contributed by atoms with Gasteiger partial charge in [0.25, 0.3) is 0 Å². The van der Waals surface area contributed by atoms with Crippen LogP contribution in [0.2, 0.25) is 0 Å². The number of likely N-dealkylation sites (tertiary alicyclic amines) is 1. The lowest BCUT2D eigenvalue weighted by Crippen LogP contribution is -2.49. The van der Waals surface area contributed by atoms with Crippen molar-refractivity contribution in [2.75, 3.05) is 0 Å². The van der Waals surface area contributed by atoms with Gasteiger partial charge in [0, 0.05) is 41.9 Å². The third-order valence-electron chi connectivity index (χ3n) is 8.44. The maximum Gasteiger partial charge on any atom is 0.245 e. The number of fused-ring (bicyclic) bond motifs is 2. The van der Waals surface area contributed by atoms with Crippen LogP contribution in [0.1, 0.15) is 61.5 Å². The molecule has 1 aliphatic carbocycles. The number of hydrogen-bond acceptors (Lipinski definition) is 6. The second-order valence-electron chi connectivity index (χ2n) is 11.5. The fourth-order valence-electron chi connectivity index (χ4n) is 6.06. The summed E-state index contributed by atoms with van der Waals surface area (Å²) < 4.78 is 15.9. The minimum Gasteiger partial charge on any atom is -0.348 e. The van der Waals surface area contributed by atoms with E-state index >= 15 is 0 Å². The van der Waals surface area contributed by atoms with Crippen molar-refractivity contribution in [2.45, 2.75) is 65.2 Å². The molecule has 6 rings (SSSR count). The van der Waals surface area contributed by atoms with Gasteiger partial charge in [0.15, 0.2) is 5.78 Å². The van der Waals surface area contributed by atoms with E-state index in [9.17, 15) is 18.8 Å². The normalized spacial score (nSPS) is 21.9. The van der Waals surface area contributed by atoms with Crippen molar-refractivity contribution < 1.29 is 18.8 Å². The van der Waals surface area contributed by atoms with Gasteiger partial charge in [0.2, 0.25) is 11.8 Å². The van der Waals surface area contributed by atoms with Crippen molar-refractivity contribution in [3.05, 3.63) is 77.8 Å². The quantitative estimate of drug-likeness (QED) is 0.339. The molecule has 1 saturated carbocycles. The van der Waals surface area contributed by atoms with Gasteiger partial charge in [0.1, 0.15) is 29.9 Å². The number of piperidine rings is 1. The molecule has 2 aliphatic rings. The van der Waals surface area contributed by atoms with Crippen LogP contribution in [0.3, 0.4) is 0 Å². The zero-order valence-corrected chi connectivity index (χ0v) is 23.4. The van der Waals surface area contributed by atoms with E-state index in [4.69, 9.17) is 0 Å². The highest BCUT2D eigenvalue weighted by atomic mass is 19.1. The molecule has 4 aromatic rings. The number of aryl methyl sites for hydroxylation is 1. The van der Waals surface area contributed by atoms with E-state index in [0.717, 1.165) is 17.5 Å². The highest BCUT2D eigenvalue weighted by Gasteiger charge is 2.64. The van der Waals surface area contributed by atoms with Crippen LogP contribution >= 0.6 is 0 Å². The highest BCUT2D eigenvalue weighted by Crippen LogP contribution is 2.59. The lowest BCUT2D eigenvalue weighted by atomic mass is 10.0. The molecule has 41 heavy (non-hydrogen) atoms. The van der Waals surface area contributed by atoms with E-state index in [0.29, 0.717) is 28.7 Å². The Morgan fingerprint density at radius 1 is 1.10 bits per heavy atom. The van der Waals surface area contributed by atoms with Gasteiger partial charge in [-0.25, -0.2) is 14.4 Å². The molecule has 9 nitrogen and oxygen atoms in total. The monoisotopic (exact) mass is 554 g/mol. The molecule has 1 N–H and O–H groups in total. The summed E-state index contributed by atoms with van der Waals surface area (Å²) in [6, 6.07) is 10.7. The minimum atomic E-state index is -0.664. The number of nitrogens with zero attached hydrogens (tertiary/aromatic N) is 5. The summed E-state index contributed by atoms with van der Waals surface area (Å²) >= 11 is 0. The van der Waals surface area contributed by atoms with Gasteiger partial charge in [-0.15, -0.1) is 0 Å². The fourth-order valence-corrected chi connectivity index (χ4v) is 6.06. The number of nitrogens with one attached hydrogen (secondary N) is 1. The average molecular weight is 555 g/mol. The predicted octanol–water partition coefficient (Wildman–Crippen LogP) is 4.40. The maximum atomic E-state index is 14.3. The van der Waals surface area contributed by atoms with Gasteiger partial charge in [-0.1, -0.05) is 31.2 Å². The van der Waals surface area contributed by atoms with Crippen LogP contribution in [0.25, 0.3) is 22.0 Å². The molecule has 1 saturated heterocycles. The number of amides is 2. The topological polar surface area (TPSA) is 110 Å². The third-order valence-corrected chi connectivity index (χ3v) is 8.44. The zero-order chi connectivity index (χ0) is 29.1. The average Bonchev–Trinajstić information content (AvgIpc) is 3.30. The Morgan fingerprint density at radius 3 is 2.54 bits per heavy atom. The summed E-state index contributed by atoms with van der Waals surface area (Å²) in [4.78, 5) is 49.9. The standard InChI is InChI=1S/C31H31FN6O3/c1-17(22-7-5-6-8-24(22)32)35-30(41)26-12-31(4)13-27(31)38(26)28(40)16-37-25-10-9-20(21-14-33-19(3)34-15-21)11-23(25)29(36-37)18(2)39/h5-11,14-15,17,26-27H,12-13,16H2,1-4H3,(H,35,41)/t17-,26-,27?,31-/m0/s1. The van der Waals surface area contributed by atoms with E-state index in [-0.39, 0.29) is 47.1 Å². The van der Waals surface area contributed by atoms with E-state index in [1.54, 1.807) is 47.1 Å². The number of rotatable bonds is 7. The van der Waals surface area contributed by atoms with Crippen LogP contribution < -0.4 is 5.32 Å². The molecular weight excluding hydrogens is 523 g/mol. The van der Waals surface area contributed by atoms with Crippen molar-refractivity contribution in [3.8, 4) is 11.1 Å². The highest BCUT2D eigenvalue weighted by molar-refractivity contribution is 6.06. The SMILES string of the molecule is CC(=O)c1nn(CC(=O)N2C3C[C@]3(C)C[C@H]2C(=O)N[C@@H](C)c2ccccc2F)c2ccc(-c3cnc(C)nc3)cc12. The van der Waals surface area contributed by atoms with Crippen LogP contribution in [0, 0.1) is 18.2 Å². The van der Waals surface area contributed by atoms with Gasteiger partial charge in [-0.05, 0) is 55.9 Å². The number of aromatic nitrogens is 4. The van der Waals surface area contributed by atoms with Crippen molar-refractivity contribution in [1.29, 1.82) is 0 Å². The number of hydrogen-bond donors (Lipinski definition) is 1. The molecule has 0 bridgehead atoms. The predicted molar refractivity (Wildman–Crippen MR) is 150 cm³/mol. The van der Waals surface area contributed by atoms with Gasteiger partial charge in [-0.3, -0.25) is 19.1 Å². The van der Waals surface area contributed by atoms with Gasteiger partial charge in [0.05, 0.1) is 11.6 Å². The molecule has 2 aromatic heterocycles. The summed E-state index contributed by atoms with van der Waals surface area (Å²) in [5.74, 6) is -0.492. The number of carbonyl (C=O) groups excluding carboxylic acids is 3. The van der Waals surface area contributed by atoms with Crippen LogP contribution in [0.15, 0.2) is 54.9 Å². The maximum absolute atomic E-state index is 14.3. The van der Waals surface area contributed by atoms with Crippen molar-refractivity contribution in [1.82, 2.24) is 30.0 Å². The molecule has 0 spiro atoms. The molecule has 1 unspecified atom stereocenters. The Kier molecular flexibility index (Phi) is 6.43. The summed E-state index contributed by atoms with van der Waals surface area (Å²) in [5, 5.41) is 8.06. The lowest BCUT2D eigenvalue weighted by Gasteiger charge is -2.28. The van der Waals surface area contributed by atoms with Gasteiger partial charge >= 0.3 is 0 Å². The molecule has 0 radical (unpaired) electrons. The van der Waals surface area contributed by atoms with Crippen LogP contribution in [-0.4, -0.2) is 54.3 Å². The smallest absolute Gasteiger partial charge is 0.245 e. The summed E-state index contributed by atoms with van der Waals surface area (Å²) in [7, 11) is 0. The molecule has 10 heteroatoms. The van der Waals surface area contributed by atoms with E-state index in [1.165, 1.54) is 13.0 Å². The molecule has 210 valence electrons. The number of Topliss-reactive ketones (excluding diaryl/α,β-unsaturated/α-hetero) is 1. The first-order valence-corrected chi connectivity index (χ1v) is 13.7. The Morgan fingerprint density at radius 2 is 1.83 bits per heavy atom. The van der Waals surface area contributed by atoms with E-state index < -0.39 is 12.1 Å². The molecule has 2 aromatic carbocycles. The Labute approximate surface area is 236 Å². The van der Waals surface area contributed by atoms with Crippen molar-refractivity contribution in [3.63, 3.8) is 0 Å². The summed E-state index contributed by atoms with van der Waals surface area (Å²) in [6.45, 7) is 6.96. The van der Waals surface area contributed by atoms with Crippen molar-refractivity contribution >= 4 is 28.5 Å². The lowest BCUT2D eigenvalue weighted by molar-refractivity contribution is -0.140. The first-order valence-electron chi connectivity index (χ1n) is 13.7. The first kappa shape index (κ1) is 26.7. The Hall–Kier alpha value is -4.47. The number of carbonyl (C=O) groups is 3. The van der Waals surface area contributed by atoms with Crippen LogP contribution in [0.4, 0.5) is 4.39 Å². The number of ketones is 1. The van der Waals surface area contributed by atoms with Crippen molar-refractivity contribution in [2.24, 2.45) is 5.41 Å². The molecule has 2 amide bonds. The summed E-state index contributed by atoms with van der Waals surface area (Å²) in [6.07, 6.45) is 4.82. The Balaban J connectivity index is 1.26. The largest absolute Gasteiger partial charge is 0.348 e. The number of halogens is 1. The second-order valence-corrected chi connectivity index (χ2v) is 11.5. The molecular formula is C31H31FN6O3. The first-order chi connectivity index (χ1) is 19.6. The van der Waals surface area contributed by atoms with E-state index in [2.05, 4.69) is 27.3 Å². The molecule has 2 fully saturated rings. The molecule has 1 aliphatic heterocycles.